The summed E-state index contributed by atoms with van der Waals surface area (Å²) in [5.41, 5.74) is 3.49. The molecule has 152 valence electrons. The summed E-state index contributed by atoms with van der Waals surface area (Å²) in [6.07, 6.45) is 0. The normalized spacial score (nSPS) is 17.7. The van der Waals surface area contributed by atoms with Crippen molar-refractivity contribution in [3.63, 3.8) is 0 Å². The second kappa shape index (κ2) is 8.05. The van der Waals surface area contributed by atoms with Crippen molar-refractivity contribution in [1.29, 1.82) is 0 Å². The zero-order valence-electron chi connectivity index (χ0n) is 16.3. The zero-order chi connectivity index (χ0) is 21.4. The lowest BCUT2D eigenvalue weighted by atomic mass is 9.94. The molecule has 5 rings (SSSR count). The molecule has 1 aliphatic rings. The van der Waals surface area contributed by atoms with Crippen molar-refractivity contribution in [2.24, 2.45) is 0 Å². The van der Waals surface area contributed by atoms with E-state index in [1.54, 1.807) is 12.1 Å². The van der Waals surface area contributed by atoms with E-state index in [1.165, 1.54) is 0 Å². The molecule has 1 aliphatic heterocycles. The predicted molar refractivity (Wildman–Crippen MR) is 130 cm³/mol. The van der Waals surface area contributed by atoms with Crippen LogP contribution in [0, 0.1) is 0 Å². The molecular weight excluding hydrogens is 446 g/mol. The van der Waals surface area contributed by atoms with Gasteiger partial charge in [-0.25, -0.2) is 0 Å². The number of benzene rings is 4. The summed E-state index contributed by atoms with van der Waals surface area (Å²) in [4.78, 5) is 0. The van der Waals surface area contributed by atoms with Gasteiger partial charge >= 0.3 is 7.37 Å². The first-order valence-electron chi connectivity index (χ1n) is 9.78. The highest BCUT2D eigenvalue weighted by molar-refractivity contribution is 7.74. The Kier molecular flexibility index (Phi) is 5.24. The molecule has 5 heteroatoms. The largest absolute Gasteiger partial charge is 0.436 e. The van der Waals surface area contributed by atoms with Crippen LogP contribution >= 0.6 is 30.6 Å². The van der Waals surface area contributed by atoms with E-state index in [1.807, 2.05) is 91.0 Å². The van der Waals surface area contributed by atoms with Crippen LogP contribution in [0.2, 0.25) is 10.0 Å². The Bertz CT molecular complexity index is 1330. The third-order valence-electron chi connectivity index (χ3n) is 5.27. The molecule has 0 amide bonds. The van der Waals surface area contributed by atoms with Gasteiger partial charge in [0, 0.05) is 26.7 Å². The fourth-order valence-electron chi connectivity index (χ4n) is 3.80. The molecule has 2 nitrogen and oxygen atoms in total. The molecular formula is C26H17Cl2O2P. The second-order valence-corrected chi connectivity index (χ2v) is 10.4. The molecule has 4 aromatic rings. The molecule has 0 aromatic heterocycles. The van der Waals surface area contributed by atoms with Crippen molar-refractivity contribution in [2.45, 2.75) is 0 Å². The van der Waals surface area contributed by atoms with Crippen LogP contribution in [0.4, 0.5) is 0 Å². The van der Waals surface area contributed by atoms with Gasteiger partial charge in [0.15, 0.2) is 0 Å². The smallest absolute Gasteiger partial charge is 0.307 e. The van der Waals surface area contributed by atoms with E-state index in [9.17, 15) is 4.57 Å². The van der Waals surface area contributed by atoms with E-state index in [0.29, 0.717) is 26.4 Å². The van der Waals surface area contributed by atoms with Gasteiger partial charge in [-0.2, -0.15) is 0 Å². The molecule has 0 fully saturated rings. The Labute approximate surface area is 191 Å². The van der Waals surface area contributed by atoms with Crippen LogP contribution in [-0.4, -0.2) is 0 Å². The summed E-state index contributed by atoms with van der Waals surface area (Å²) in [6, 6.07) is 32.1. The summed E-state index contributed by atoms with van der Waals surface area (Å²) >= 11 is 12.3. The summed E-state index contributed by atoms with van der Waals surface area (Å²) < 4.78 is 20.9. The molecule has 1 atom stereocenters. The highest BCUT2D eigenvalue weighted by Gasteiger charge is 2.39. The maximum Gasteiger partial charge on any atom is 0.307 e. The van der Waals surface area contributed by atoms with Gasteiger partial charge in [0.05, 0.1) is 10.6 Å². The van der Waals surface area contributed by atoms with Crippen molar-refractivity contribution in [3.05, 3.63) is 130 Å². The van der Waals surface area contributed by atoms with Gasteiger partial charge in [-0.05, 0) is 60.2 Å². The van der Waals surface area contributed by atoms with Crippen LogP contribution < -0.4 is 10.6 Å². The van der Waals surface area contributed by atoms with Crippen LogP contribution in [0.25, 0.3) is 11.3 Å². The number of hydrogen-bond acceptors (Lipinski definition) is 2. The fourth-order valence-corrected chi connectivity index (χ4v) is 6.34. The number of halogens is 2. The SMILES string of the molecule is O=P1(c2ccccc2)OC(c2ccc(Cl)cc2)=C(c2ccc(Cl)cc2)c2ccccc21. The molecule has 0 saturated carbocycles. The summed E-state index contributed by atoms with van der Waals surface area (Å²) in [6.45, 7) is 0. The zero-order valence-corrected chi connectivity index (χ0v) is 18.7. The van der Waals surface area contributed by atoms with E-state index in [-0.39, 0.29) is 0 Å². The summed E-state index contributed by atoms with van der Waals surface area (Å²) in [5.74, 6) is 0.560. The van der Waals surface area contributed by atoms with Gasteiger partial charge in [0.1, 0.15) is 5.76 Å². The van der Waals surface area contributed by atoms with E-state index in [4.69, 9.17) is 27.7 Å². The standard InChI is InChI=1S/C26H17Cl2O2P/c27-20-14-10-18(11-15-20)25-23-8-4-5-9-24(23)31(29,22-6-2-1-3-7-22)30-26(25)19-12-16-21(28)17-13-19/h1-17H. The molecule has 0 spiro atoms. The molecule has 4 aromatic carbocycles. The van der Waals surface area contributed by atoms with E-state index < -0.39 is 7.37 Å². The Balaban J connectivity index is 1.84. The van der Waals surface area contributed by atoms with Gasteiger partial charge in [-0.3, -0.25) is 4.57 Å². The van der Waals surface area contributed by atoms with Crippen LogP contribution in [0.1, 0.15) is 16.7 Å². The number of rotatable bonds is 3. The Morgan fingerprint density at radius 1 is 0.613 bits per heavy atom. The van der Waals surface area contributed by atoms with Gasteiger partial charge < -0.3 is 4.52 Å². The van der Waals surface area contributed by atoms with Crippen molar-refractivity contribution < 1.29 is 9.09 Å². The maximum absolute atomic E-state index is 14.4. The maximum atomic E-state index is 14.4. The summed E-state index contributed by atoms with van der Waals surface area (Å²) in [7, 11) is -3.37. The Morgan fingerprint density at radius 3 is 1.81 bits per heavy atom. The minimum atomic E-state index is -3.37. The fraction of sp³-hybridized carbons (Fsp3) is 0. The second-order valence-electron chi connectivity index (χ2n) is 7.21. The first-order valence-corrected chi connectivity index (χ1v) is 12.2. The quantitative estimate of drug-likeness (QED) is 0.301. The van der Waals surface area contributed by atoms with Crippen molar-refractivity contribution in [1.82, 2.24) is 0 Å². The van der Waals surface area contributed by atoms with Gasteiger partial charge in [-0.1, -0.05) is 71.7 Å². The van der Waals surface area contributed by atoms with Crippen molar-refractivity contribution in [3.8, 4) is 0 Å². The topological polar surface area (TPSA) is 26.3 Å². The van der Waals surface area contributed by atoms with E-state index >= 15 is 0 Å². The molecule has 1 heterocycles. The van der Waals surface area contributed by atoms with Crippen molar-refractivity contribution >= 4 is 52.5 Å². The van der Waals surface area contributed by atoms with Crippen LogP contribution in [0.3, 0.4) is 0 Å². The minimum Gasteiger partial charge on any atom is -0.436 e. The lowest BCUT2D eigenvalue weighted by molar-refractivity contribution is 0.480. The van der Waals surface area contributed by atoms with Crippen molar-refractivity contribution in [2.75, 3.05) is 0 Å². The Morgan fingerprint density at radius 2 is 1.16 bits per heavy atom. The molecule has 0 bridgehead atoms. The lowest BCUT2D eigenvalue weighted by Gasteiger charge is -2.31. The predicted octanol–water partition coefficient (Wildman–Crippen LogP) is 7.17. The highest BCUT2D eigenvalue weighted by atomic mass is 35.5. The third kappa shape index (κ3) is 3.62. The molecule has 0 radical (unpaired) electrons. The number of fused-ring (bicyclic) bond motifs is 1. The van der Waals surface area contributed by atoms with Crippen LogP contribution in [-0.2, 0) is 9.09 Å². The minimum absolute atomic E-state index is 0.560. The van der Waals surface area contributed by atoms with E-state index in [2.05, 4.69) is 0 Å². The average Bonchev–Trinajstić information content (AvgIpc) is 2.81. The first kappa shape index (κ1) is 20.2. The van der Waals surface area contributed by atoms with Gasteiger partial charge in [-0.15, -0.1) is 0 Å². The average molecular weight is 463 g/mol. The molecule has 1 unspecified atom stereocenters. The van der Waals surface area contributed by atoms with Gasteiger partial charge in [0.2, 0.25) is 0 Å². The van der Waals surface area contributed by atoms with E-state index in [0.717, 1.165) is 22.3 Å². The van der Waals surface area contributed by atoms with Crippen LogP contribution in [0.15, 0.2) is 103 Å². The monoisotopic (exact) mass is 462 g/mol. The molecule has 0 aliphatic carbocycles. The molecule has 31 heavy (non-hydrogen) atoms. The van der Waals surface area contributed by atoms with Crippen LogP contribution in [0.5, 0.6) is 0 Å². The first-order chi connectivity index (χ1) is 15.1. The summed E-state index contributed by atoms with van der Waals surface area (Å²) in [5, 5.41) is 2.62. The molecule has 0 N–H and O–H groups in total. The number of hydrogen-bond donors (Lipinski definition) is 0. The highest BCUT2D eigenvalue weighted by Crippen LogP contribution is 2.56. The van der Waals surface area contributed by atoms with Gasteiger partial charge in [0.25, 0.3) is 0 Å². The lowest BCUT2D eigenvalue weighted by Crippen LogP contribution is -2.25. The molecule has 0 saturated heterocycles. The Hall–Kier alpha value is -2.77. The third-order valence-corrected chi connectivity index (χ3v) is 8.22.